The van der Waals surface area contributed by atoms with Gasteiger partial charge in [-0.3, -0.25) is 4.79 Å². The number of aromatic amines is 1. The summed E-state index contributed by atoms with van der Waals surface area (Å²) < 4.78 is 27.5. The lowest BCUT2D eigenvalue weighted by Crippen LogP contribution is -2.23. The lowest BCUT2D eigenvalue weighted by Gasteiger charge is -2.09. The average molecular weight is 404 g/mol. The molecule has 0 saturated carbocycles. The Morgan fingerprint density at radius 3 is 2.48 bits per heavy atom. The Morgan fingerprint density at radius 2 is 1.78 bits per heavy atom. The Morgan fingerprint density at radius 1 is 1.07 bits per heavy atom. The smallest absolute Gasteiger partial charge is 0.267 e. The number of hydrogen-bond acceptors (Lipinski definition) is 4. The molecule has 6 nitrogen and oxygen atoms in total. The molecule has 3 rings (SSSR count). The molecule has 0 aliphatic carbocycles. The Labute approximate surface area is 162 Å². The molecule has 0 radical (unpaired) electrons. The third kappa shape index (κ3) is 4.82. The van der Waals surface area contributed by atoms with E-state index >= 15 is 0 Å². The van der Waals surface area contributed by atoms with Gasteiger partial charge in [0.25, 0.3) is 5.56 Å². The summed E-state index contributed by atoms with van der Waals surface area (Å²) in [4.78, 5) is 12.0. The Bertz CT molecular complexity index is 1110. The van der Waals surface area contributed by atoms with Gasteiger partial charge in [-0.1, -0.05) is 41.9 Å². The molecule has 27 heavy (non-hydrogen) atoms. The van der Waals surface area contributed by atoms with E-state index in [0.29, 0.717) is 28.3 Å². The Balaban J connectivity index is 1.73. The maximum atomic E-state index is 12.5. The van der Waals surface area contributed by atoms with Gasteiger partial charge in [0.2, 0.25) is 10.0 Å². The molecule has 1 aromatic heterocycles. The normalized spacial score (nSPS) is 11.5. The molecular weight excluding hydrogens is 386 g/mol. The van der Waals surface area contributed by atoms with Crippen molar-refractivity contribution in [3.05, 3.63) is 92.4 Å². The van der Waals surface area contributed by atoms with Crippen LogP contribution in [0.1, 0.15) is 22.4 Å². The molecule has 0 aliphatic heterocycles. The molecule has 0 fully saturated rings. The molecule has 2 N–H and O–H groups in total. The number of rotatable bonds is 6. The summed E-state index contributed by atoms with van der Waals surface area (Å²) in [5.41, 5.74) is 2.57. The van der Waals surface area contributed by atoms with Crippen molar-refractivity contribution in [2.24, 2.45) is 0 Å². The van der Waals surface area contributed by atoms with E-state index in [2.05, 4.69) is 14.9 Å². The molecule has 0 bridgehead atoms. The van der Waals surface area contributed by atoms with E-state index in [1.807, 2.05) is 0 Å². The third-order valence-electron chi connectivity index (χ3n) is 4.05. The molecule has 0 spiro atoms. The molecule has 0 saturated heterocycles. The second-order valence-corrected chi connectivity index (χ2v) is 8.27. The average Bonchev–Trinajstić information content (AvgIpc) is 2.64. The number of H-pyrrole nitrogens is 1. The van der Waals surface area contributed by atoms with Gasteiger partial charge in [-0.25, -0.2) is 18.2 Å². The maximum Gasteiger partial charge on any atom is 0.267 e. The van der Waals surface area contributed by atoms with Gasteiger partial charge < -0.3 is 0 Å². The highest BCUT2D eigenvalue weighted by Crippen LogP contribution is 2.17. The first-order valence-corrected chi connectivity index (χ1v) is 10.1. The number of aromatic nitrogens is 2. The molecule has 0 atom stereocenters. The number of nitrogens with zero attached hydrogens (tertiary/aromatic N) is 1. The van der Waals surface area contributed by atoms with Gasteiger partial charge >= 0.3 is 0 Å². The van der Waals surface area contributed by atoms with Gasteiger partial charge in [0.1, 0.15) is 0 Å². The van der Waals surface area contributed by atoms with Crippen molar-refractivity contribution >= 4 is 21.6 Å². The van der Waals surface area contributed by atoms with Gasteiger partial charge in [-0.2, -0.15) is 5.10 Å². The minimum atomic E-state index is -3.67. The third-order valence-corrected chi connectivity index (χ3v) is 5.83. The predicted octanol–water partition coefficient (Wildman–Crippen LogP) is 2.80. The summed E-state index contributed by atoms with van der Waals surface area (Å²) in [5.74, 6) is 0. The zero-order valence-electron chi connectivity index (χ0n) is 14.6. The van der Waals surface area contributed by atoms with E-state index in [9.17, 15) is 13.2 Å². The molecule has 0 amide bonds. The van der Waals surface area contributed by atoms with Crippen molar-refractivity contribution in [2.45, 2.75) is 24.8 Å². The van der Waals surface area contributed by atoms with Crippen LogP contribution in [0.25, 0.3) is 0 Å². The summed E-state index contributed by atoms with van der Waals surface area (Å²) in [7, 11) is -3.67. The summed E-state index contributed by atoms with van der Waals surface area (Å²) >= 11 is 6.05. The van der Waals surface area contributed by atoms with Gasteiger partial charge in [-0.05, 0) is 42.3 Å². The lowest BCUT2D eigenvalue weighted by molar-refractivity contribution is 0.581. The Hall–Kier alpha value is -2.48. The highest BCUT2D eigenvalue weighted by molar-refractivity contribution is 7.89. The summed E-state index contributed by atoms with van der Waals surface area (Å²) in [6, 6.07) is 15.2. The number of nitrogens with one attached hydrogen (secondary N) is 2. The standard InChI is InChI=1S/C19H18ClN3O3S/c1-13-10-16(19(24)23-22-13)11-14-6-8-17(9-7-14)27(25,26)21-12-15-4-2-3-5-18(15)20/h2-10,21H,11-12H2,1H3,(H,23,24). The van der Waals surface area contributed by atoms with Crippen LogP contribution in [-0.4, -0.2) is 18.6 Å². The van der Waals surface area contributed by atoms with E-state index in [-0.39, 0.29) is 17.0 Å². The van der Waals surface area contributed by atoms with Crippen LogP contribution in [0.15, 0.2) is 64.3 Å². The second kappa shape index (κ2) is 8.04. The number of halogens is 1. The van der Waals surface area contributed by atoms with Crippen molar-refractivity contribution < 1.29 is 8.42 Å². The van der Waals surface area contributed by atoms with E-state index in [0.717, 1.165) is 5.56 Å². The van der Waals surface area contributed by atoms with Crippen LogP contribution in [0.4, 0.5) is 0 Å². The fourth-order valence-electron chi connectivity index (χ4n) is 2.60. The number of aryl methyl sites for hydroxylation is 1. The van der Waals surface area contributed by atoms with Crippen molar-refractivity contribution in [1.82, 2.24) is 14.9 Å². The first-order chi connectivity index (χ1) is 12.8. The van der Waals surface area contributed by atoms with Gasteiger partial charge in [0, 0.05) is 23.6 Å². The van der Waals surface area contributed by atoms with Crippen LogP contribution in [0, 0.1) is 6.92 Å². The highest BCUT2D eigenvalue weighted by atomic mass is 35.5. The first kappa shape index (κ1) is 19.3. The molecule has 0 aliphatic rings. The van der Waals surface area contributed by atoms with E-state index in [1.54, 1.807) is 49.4 Å². The Kier molecular flexibility index (Phi) is 5.74. The first-order valence-electron chi connectivity index (χ1n) is 8.22. The van der Waals surface area contributed by atoms with Crippen LogP contribution in [-0.2, 0) is 23.0 Å². The van der Waals surface area contributed by atoms with Gasteiger partial charge in [0.15, 0.2) is 0 Å². The second-order valence-electron chi connectivity index (χ2n) is 6.10. The van der Waals surface area contributed by atoms with Crippen molar-refractivity contribution in [3.63, 3.8) is 0 Å². The van der Waals surface area contributed by atoms with E-state index in [4.69, 9.17) is 11.6 Å². The minimum absolute atomic E-state index is 0.107. The van der Waals surface area contributed by atoms with E-state index in [1.165, 1.54) is 12.1 Å². The van der Waals surface area contributed by atoms with Gasteiger partial charge in [-0.15, -0.1) is 0 Å². The summed E-state index contributed by atoms with van der Waals surface area (Å²) in [6.45, 7) is 1.90. The molecule has 8 heteroatoms. The van der Waals surface area contributed by atoms with Crippen LogP contribution in [0.5, 0.6) is 0 Å². The predicted molar refractivity (Wildman–Crippen MR) is 104 cm³/mol. The van der Waals surface area contributed by atoms with Gasteiger partial charge in [0.05, 0.1) is 10.6 Å². The summed E-state index contributed by atoms with van der Waals surface area (Å²) in [5, 5.41) is 6.79. The van der Waals surface area contributed by atoms with Crippen molar-refractivity contribution in [1.29, 1.82) is 0 Å². The van der Waals surface area contributed by atoms with Crippen molar-refractivity contribution in [2.75, 3.05) is 0 Å². The number of hydrogen-bond donors (Lipinski definition) is 2. The number of sulfonamides is 1. The van der Waals surface area contributed by atoms with Crippen LogP contribution in [0.3, 0.4) is 0 Å². The lowest BCUT2D eigenvalue weighted by atomic mass is 10.1. The van der Waals surface area contributed by atoms with Crippen LogP contribution in [0.2, 0.25) is 5.02 Å². The monoisotopic (exact) mass is 403 g/mol. The molecule has 2 aromatic carbocycles. The van der Waals surface area contributed by atoms with E-state index < -0.39 is 10.0 Å². The maximum absolute atomic E-state index is 12.5. The zero-order valence-corrected chi connectivity index (χ0v) is 16.1. The summed E-state index contributed by atoms with van der Waals surface area (Å²) in [6.07, 6.45) is 0.395. The zero-order chi connectivity index (χ0) is 19.4. The SMILES string of the molecule is Cc1cc(Cc2ccc(S(=O)(=O)NCc3ccccc3Cl)cc2)c(=O)[nH]n1. The fourth-order valence-corrected chi connectivity index (χ4v) is 3.81. The molecule has 0 unspecified atom stereocenters. The molecule has 1 heterocycles. The van der Waals surface area contributed by atoms with Crippen LogP contribution < -0.4 is 10.3 Å². The van der Waals surface area contributed by atoms with Crippen LogP contribution >= 0.6 is 11.6 Å². The minimum Gasteiger partial charge on any atom is -0.268 e. The molecule has 140 valence electrons. The number of benzene rings is 2. The fraction of sp³-hybridized carbons (Fsp3) is 0.158. The topological polar surface area (TPSA) is 91.9 Å². The quantitative estimate of drug-likeness (QED) is 0.662. The largest absolute Gasteiger partial charge is 0.268 e. The van der Waals surface area contributed by atoms with Crippen molar-refractivity contribution in [3.8, 4) is 0 Å². The highest BCUT2D eigenvalue weighted by Gasteiger charge is 2.14. The molecule has 3 aromatic rings. The molecular formula is C19H18ClN3O3S.